The maximum absolute atomic E-state index is 8.41. The molecule has 2 nitrogen and oxygen atoms in total. The summed E-state index contributed by atoms with van der Waals surface area (Å²) in [6.07, 6.45) is 0.491. The van der Waals surface area contributed by atoms with Crippen molar-refractivity contribution in [2.75, 3.05) is 5.75 Å². The summed E-state index contributed by atoms with van der Waals surface area (Å²) in [4.78, 5) is 0.714. The van der Waals surface area contributed by atoms with Gasteiger partial charge in [0.25, 0.3) is 0 Å². The first kappa shape index (κ1) is 13.8. The van der Waals surface area contributed by atoms with E-state index in [1.165, 1.54) is 11.8 Å². The summed E-state index contributed by atoms with van der Waals surface area (Å²) >= 11 is 6.56. The van der Waals surface area contributed by atoms with Gasteiger partial charge >= 0.3 is 0 Å². The topological polar surface area (TPSA) is 33.0 Å². The van der Waals surface area contributed by atoms with Gasteiger partial charge in [-0.05, 0) is 17.8 Å². The normalized spacial score (nSPS) is 9.35. The molecule has 0 N–H and O–H groups in total. The van der Waals surface area contributed by atoms with Crippen molar-refractivity contribution in [3.63, 3.8) is 0 Å². The van der Waals surface area contributed by atoms with Crippen LogP contribution in [0.3, 0.4) is 0 Å². The molecule has 1 aromatic rings. The van der Waals surface area contributed by atoms with Crippen molar-refractivity contribution in [2.24, 2.45) is 0 Å². The molecule has 0 radical (unpaired) electrons. The lowest BCUT2D eigenvalue weighted by atomic mass is 10.2. The van der Waals surface area contributed by atoms with Crippen molar-refractivity contribution in [1.29, 1.82) is 5.26 Å². The summed E-state index contributed by atoms with van der Waals surface area (Å²) in [5, 5.41) is 8.83. The predicted molar refractivity (Wildman–Crippen MR) is 75.7 cm³/mol. The summed E-state index contributed by atoms with van der Waals surface area (Å²) in [6.45, 7) is 4.28. The van der Waals surface area contributed by atoms with Gasteiger partial charge in [-0.3, -0.25) is 0 Å². The average molecular weight is 263 g/mol. The van der Waals surface area contributed by atoms with Gasteiger partial charge in [0, 0.05) is 12.2 Å². The smallest absolute Gasteiger partial charge is 0.197 e. The molecule has 88 valence electrons. The minimum Gasteiger partial charge on any atom is -0.478 e. The second-order valence-corrected chi connectivity index (χ2v) is 4.80. The van der Waals surface area contributed by atoms with Gasteiger partial charge in [0.1, 0.15) is 6.61 Å². The van der Waals surface area contributed by atoms with E-state index < -0.39 is 0 Å². The highest BCUT2D eigenvalue weighted by atomic mass is 32.2. The third-order valence-electron chi connectivity index (χ3n) is 1.93. The van der Waals surface area contributed by atoms with Crippen LogP contribution >= 0.6 is 24.0 Å². The second kappa shape index (κ2) is 7.88. The average Bonchev–Trinajstić information content (AvgIpc) is 2.37. The van der Waals surface area contributed by atoms with Gasteiger partial charge in [-0.2, -0.15) is 5.26 Å². The summed E-state index contributed by atoms with van der Waals surface area (Å²) in [5.41, 5.74) is 1.07. The van der Waals surface area contributed by atoms with Crippen molar-refractivity contribution in [3.05, 3.63) is 47.4 Å². The number of rotatable bonds is 6. The zero-order chi connectivity index (χ0) is 12.5. The molecule has 0 aromatic heterocycles. The molecule has 0 saturated carbocycles. The zero-order valence-corrected chi connectivity index (χ0v) is 11.0. The van der Waals surface area contributed by atoms with Crippen LogP contribution in [-0.2, 0) is 11.3 Å². The Hall–Kier alpha value is -1.31. The molecule has 0 bridgehead atoms. The second-order valence-electron chi connectivity index (χ2n) is 3.24. The van der Waals surface area contributed by atoms with E-state index in [4.69, 9.17) is 22.2 Å². The molecule has 0 spiro atoms. The molecule has 0 aliphatic rings. The summed E-state index contributed by atoms with van der Waals surface area (Å²) in [5.74, 6) is 0.699. The maximum Gasteiger partial charge on any atom is 0.197 e. The predicted octanol–water partition coefficient (Wildman–Crippen LogP) is 3.69. The molecule has 0 unspecified atom stereocenters. The Kier molecular flexibility index (Phi) is 6.38. The van der Waals surface area contributed by atoms with Crippen molar-refractivity contribution in [3.8, 4) is 6.07 Å². The van der Waals surface area contributed by atoms with E-state index in [9.17, 15) is 0 Å². The van der Waals surface area contributed by atoms with E-state index >= 15 is 0 Å². The highest BCUT2D eigenvalue weighted by molar-refractivity contribution is 8.05. The molecule has 1 aromatic carbocycles. The van der Waals surface area contributed by atoms with E-state index in [1.54, 1.807) is 0 Å². The van der Waals surface area contributed by atoms with Gasteiger partial charge in [-0.25, -0.2) is 0 Å². The number of benzene rings is 1. The lowest BCUT2D eigenvalue weighted by Crippen LogP contribution is -2.03. The van der Waals surface area contributed by atoms with Crippen LogP contribution in [-0.4, -0.2) is 10.8 Å². The Morgan fingerprint density at radius 2 is 2.12 bits per heavy atom. The minimum absolute atomic E-state index is 0.414. The van der Waals surface area contributed by atoms with Crippen LogP contribution in [0.1, 0.15) is 12.0 Å². The summed E-state index contributed by atoms with van der Waals surface area (Å²) in [6, 6.07) is 11.9. The third kappa shape index (κ3) is 5.53. The summed E-state index contributed by atoms with van der Waals surface area (Å²) in [7, 11) is 0. The maximum atomic E-state index is 8.41. The molecule has 0 saturated heterocycles. The van der Waals surface area contributed by atoms with E-state index in [0.717, 1.165) is 5.56 Å². The molecular weight excluding hydrogens is 250 g/mol. The fourth-order valence-corrected chi connectivity index (χ4v) is 1.93. The third-order valence-corrected chi connectivity index (χ3v) is 3.37. The minimum atomic E-state index is 0.414. The quantitative estimate of drug-likeness (QED) is 0.445. The van der Waals surface area contributed by atoms with Gasteiger partial charge in [0.15, 0.2) is 5.05 Å². The standard InChI is InChI=1S/C13H13NOS2/c1-11(17-9-5-8-14)13(16)15-10-12-6-3-2-4-7-12/h2-4,6-7H,1,5,9-10H2. The van der Waals surface area contributed by atoms with Crippen molar-refractivity contribution >= 4 is 29.0 Å². The molecule has 0 fully saturated rings. The molecule has 0 aliphatic carbocycles. The molecule has 1 rings (SSSR count). The number of hydrogen-bond acceptors (Lipinski definition) is 4. The van der Waals surface area contributed by atoms with Crippen molar-refractivity contribution < 1.29 is 4.74 Å². The molecular formula is C13H13NOS2. The monoisotopic (exact) mass is 263 g/mol. The summed E-state index contributed by atoms with van der Waals surface area (Å²) < 4.78 is 5.45. The van der Waals surface area contributed by atoms with Crippen molar-refractivity contribution in [2.45, 2.75) is 13.0 Å². The fraction of sp³-hybridized carbons (Fsp3) is 0.231. The van der Waals surface area contributed by atoms with Crippen LogP contribution in [0.25, 0.3) is 0 Å². The van der Waals surface area contributed by atoms with Gasteiger partial charge in [0.2, 0.25) is 0 Å². The highest BCUT2D eigenvalue weighted by Crippen LogP contribution is 2.17. The number of nitriles is 1. The lowest BCUT2D eigenvalue weighted by Gasteiger charge is -2.08. The lowest BCUT2D eigenvalue weighted by molar-refractivity contribution is 0.303. The van der Waals surface area contributed by atoms with E-state index in [-0.39, 0.29) is 0 Å². The Balaban J connectivity index is 2.30. The van der Waals surface area contributed by atoms with Gasteiger partial charge in [0.05, 0.1) is 11.0 Å². The molecule has 0 amide bonds. The van der Waals surface area contributed by atoms with Crippen molar-refractivity contribution in [1.82, 2.24) is 0 Å². The first-order chi connectivity index (χ1) is 8.24. The Morgan fingerprint density at radius 3 is 2.76 bits per heavy atom. The molecule has 0 aliphatic heterocycles. The molecule has 17 heavy (non-hydrogen) atoms. The van der Waals surface area contributed by atoms with Crippen LogP contribution in [0, 0.1) is 11.3 Å². The molecule has 4 heteroatoms. The number of hydrogen-bond donors (Lipinski definition) is 0. The van der Waals surface area contributed by atoms with Gasteiger partial charge < -0.3 is 4.74 Å². The largest absolute Gasteiger partial charge is 0.478 e. The Labute approximate surface area is 111 Å². The fourth-order valence-electron chi connectivity index (χ4n) is 1.08. The number of thiocarbonyl (C=S) groups is 1. The number of thioether (sulfide) groups is 1. The zero-order valence-electron chi connectivity index (χ0n) is 9.39. The molecule has 0 heterocycles. The Morgan fingerprint density at radius 1 is 1.41 bits per heavy atom. The first-order valence-electron chi connectivity index (χ1n) is 5.13. The SMILES string of the molecule is C=C(SCCC#N)C(=S)OCc1ccccc1. The number of nitrogens with zero attached hydrogens (tertiary/aromatic N) is 1. The van der Waals surface area contributed by atoms with Crippen LogP contribution in [0.15, 0.2) is 41.8 Å². The van der Waals surface area contributed by atoms with Crippen LogP contribution < -0.4 is 0 Å². The Bertz CT molecular complexity index is 423. The van der Waals surface area contributed by atoms with Crippen LogP contribution in [0.4, 0.5) is 0 Å². The van der Waals surface area contributed by atoms with E-state index in [2.05, 4.69) is 12.6 Å². The van der Waals surface area contributed by atoms with Crippen LogP contribution in [0.5, 0.6) is 0 Å². The van der Waals surface area contributed by atoms with Crippen LogP contribution in [0.2, 0.25) is 0 Å². The van der Waals surface area contributed by atoms with E-state index in [1.807, 2.05) is 30.3 Å². The molecule has 0 atom stereocenters. The van der Waals surface area contributed by atoms with Gasteiger partial charge in [-0.15, -0.1) is 11.8 Å². The van der Waals surface area contributed by atoms with E-state index in [0.29, 0.717) is 28.7 Å². The van der Waals surface area contributed by atoms with Gasteiger partial charge in [-0.1, -0.05) is 36.9 Å². The highest BCUT2D eigenvalue weighted by Gasteiger charge is 2.04. The first-order valence-corrected chi connectivity index (χ1v) is 6.53. The number of ether oxygens (including phenoxy) is 1.